The number of carbonyl (C=O) groups is 1. The van der Waals surface area contributed by atoms with Crippen molar-refractivity contribution in [3.05, 3.63) is 113 Å². The Kier molecular flexibility index (Phi) is 7.72. The van der Waals surface area contributed by atoms with Crippen molar-refractivity contribution in [1.29, 1.82) is 0 Å². The molecular weight excluding hydrogens is 553 g/mol. The summed E-state index contributed by atoms with van der Waals surface area (Å²) in [5.41, 5.74) is 1.57. The predicted molar refractivity (Wildman–Crippen MR) is 145 cm³/mol. The van der Waals surface area contributed by atoms with E-state index in [2.05, 4.69) is 14.8 Å². The molecule has 4 rings (SSSR count). The van der Waals surface area contributed by atoms with Crippen molar-refractivity contribution in [3.63, 3.8) is 0 Å². The van der Waals surface area contributed by atoms with Gasteiger partial charge in [0.2, 0.25) is 0 Å². The second-order valence-electron chi connectivity index (χ2n) is 8.16. The first-order valence-electron chi connectivity index (χ1n) is 11.0. The van der Waals surface area contributed by atoms with E-state index in [1.54, 1.807) is 31.2 Å². The molecule has 4 aromatic carbocycles. The largest absolute Gasteiger partial charge is 0.322 e. The van der Waals surface area contributed by atoms with Gasteiger partial charge in [-0.15, -0.1) is 0 Å². The van der Waals surface area contributed by atoms with Gasteiger partial charge in [0.1, 0.15) is 10.7 Å². The van der Waals surface area contributed by atoms with Gasteiger partial charge in [0.25, 0.3) is 26.0 Å². The molecule has 0 radical (unpaired) electrons. The first kappa shape index (κ1) is 27.1. The Morgan fingerprint density at radius 3 is 2.05 bits per heavy atom. The first-order valence-corrected chi connectivity index (χ1v) is 14.4. The maximum Gasteiger partial charge on any atom is 0.263 e. The number of aryl methyl sites for hydroxylation is 1. The fourth-order valence-electron chi connectivity index (χ4n) is 3.39. The first-order chi connectivity index (χ1) is 17.9. The number of halogens is 2. The van der Waals surface area contributed by atoms with E-state index in [-0.39, 0.29) is 31.8 Å². The highest BCUT2D eigenvalue weighted by molar-refractivity contribution is 7.93. The topological polar surface area (TPSA) is 121 Å². The number of para-hydroxylation sites is 1. The third kappa shape index (κ3) is 6.31. The van der Waals surface area contributed by atoms with E-state index in [9.17, 15) is 26.0 Å². The van der Waals surface area contributed by atoms with Gasteiger partial charge in [-0.3, -0.25) is 14.2 Å². The van der Waals surface area contributed by atoms with Crippen LogP contribution in [0.5, 0.6) is 0 Å². The van der Waals surface area contributed by atoms with Crippen LogP contribution in [0.4, 0.5) is 21.5 Å². The van der Waals surface area contributed by atoms with Gasteiger partial charge in [0.05, 0.1) is 15.6 Å². The Hall–Kier alpha value is -3.93. The molecular formula is C26H21ClFN3O5S2. The molecule has 12 heteroatoms. The van der Waals surface area contributed by atoms with Crippen molar-refractivity contribution in [2.24, 2.45) is 0 Å². The predicted octanol–water partition coefficient (Wildman–Crippen LogP) is 5.64. The van der Waals surface area contributed by atoms with Crippen LogP contribution in [0.1, 0.15) is 15.9 Å². The second kappa shape index (κ2) is 10.8. The molecule has 0 saturated heterocycles. The van der Waals surface area contributed by atoms with Crippen molar-refractivity contribution < 1.29 is 26.0 Å². The van der Waals surface area contributed by atoms with Crippen LogP contribution in [-0.2, 0) is 20.0 Å². The maximum atomic E-state index is 13.1. The minimum Gasteiger partial charge on any atom is -0.322 e. The summed E-state index contributed by atoms with van der Waals surface area (Å²) >= 11 is 6.15. The van der Waals surface area contributed by atoms with E-state index < -0.39 is 31.8 Å². The standard InChI is InChI=1S/C26H21ClFN3O5S2/c1-17-4-2-3-5-24(17)31-38(35,36)25-16-18(6-15-23(25)27)26(32)29-20-11-13-22(14-12-20)37(33,34)30-21-9-7-19(28)8-10-21/h2-16,30-31H,1H3,(H,29,32). The Morgan fingerprint density at radius 2 is 1.39 bits per heavy atom. The van der Waals surface area contributed by atoms with Crippen molar-refractivity contribution >= 4 is 54.6 Å². The number of carbonyl (C=O) groups excluding carboxylic acids is 1. The summed E-state index contributed by atoms with van der Waals surface area (Å²) in [5.74, 6) is -1.13. The molecule has 0 aliphatic heterocycles. The van der Waals surface area contributed by atoms with Crippen molar-refractivity contribution in [1.82, 2.24) is 0 Å². The average molecular weight is 574 g/mol. The van der Waals surface area contributed by atoms with E-state index in [0.29, 0.717) is 11.3 Å². The van der Waals surface area contributed by atoms with E-state index in [1.807, 2.05) is 0 Å². The highest BCUT2D eigenvalue weighted by Crippen LogP contribution is 2.27. The van der Waals surface area contributed by atoms with Gasteiger partial charge < -0.3 is 5.32 Å². The summed E-state index contributed by atoms with van der Waals surface area (Å²) < 4.78 is 69.0. The fraction of sp³-hybridized carbons (Fsp3) is 0.0385. The van der Waals surface area contributed by atoms with Crippen LogP contribution < -0.4 is 14.8 Å². The van der Waals surface area contributed by atoms with E-state index >= 15 is 0 Å². The minimum atomic E-state index is -4.10. The van der Waals surface area contributed by atoms with Crippen LogP contribution in [-0.4, -0.2) is 22.7 Å². The summed E-state index contributed by atoms with van der Waals surface area (Å²) in [7, 11) is -8.05. The maximum absolute atomic E-state index is 13.1. The summed E-state index contributed by atoms with van der Waals surface area (Å²) in [5, 5.41) is 2.53. The molecule has 0 unspecified atom stereocenters. The molecule has 0 heterocycles. The number of hydrogen-bond acceptors (Lipinski definition) is 5. The van der Waals surface area contributed by atoms with Gasteiger partial charge in [0, 0.05) is 16.9 Å². The number of hydrogen-bond donors (Lipinski definition) is 3. The van der Waals surface area contributed by atoms with Crippen LogP contribution in [0.2, 0.25) is 5.02 Å². The smallest absolute Gasteiger partial charge is 0.263 e. The molecule has 0 saturated carbocycles. The number of nitrogens with one attached hydrogen (secondary N) is 3. The number of sulfonamides is 2. The fourth-order valence-corrected chi connectivity index (χ4v) is 6.11. The lowest BCUT2D eigenvalue weighted by atomic mass is 10.2. The lowest BCUT2D eigenvalue weighted by Gasteiger charge is -2.13. The van der Waals surface area contributed by atoms with E-state index in [0.717, 1.165) is 18.2 Å². The van der Waals surface area contributed by atoms with Crippen molar-refractivity contribution in [3.8, 4) is 0 Å². The SMILES string of the molecule is Cc1ccccc1NS(=O)(=O)c1cc(C(=O)Nc2ccc(S(=O)(=O)Nc3ccc(F)cc3)cc2)ccc1Cl. The number of benzene rings is 4. The third-order valence-corrected chi connectivity index (χ3v) is 8.64. The van der Waals surface area contributed by atoms with Crippen molar-refractivity contribution in [2.75, 3.05) is 14.8 Å². The normalized spacial score (nSPS) is 11.6. The summed E-state index contributed by atoms with van der Waals surface area (Å²) in [6.45, 7) is 1.75. The molecule has 0 atom stereocenters. The average Bonchev–Trinajstić information content (AvgIpc) is 2.87. The van der Waals surface area contributed by atoms with Crippen LogP contribution in [0.3, 0.4) is 0 Å². The van der Waals surface area contributed by atoms with Gasteiger partial charge in [-0.2, -0.15) is 0 Å². The van der Waals surface area contributed by atoms with Gasteiger partial charge >= 0.3 is 0 Å². The lowest BCUT2D eigenvalue weighted by molar-refractivity contribution is 0.102. The molecule has 0 spiro atoms. The molecule has 4 aromatic rings. The molecule has 8 nitrogen and oxygen atoms in total. The summed E-state index contributed by atoms with van der Waals surface area (Å²) in [4.78, 5) is 12.5. The highest BCUT2D eigenvalue weighted by Gasteiger charge is 2.21. The van der Waals surface area contributed by atoms with Crippen LogP contribution >= 0.6 is 11.6 Å². The molecule has 0 bridgehead atoms. The zero-order chi connectivity index (χ0) is 27.5. The number of rotatable bonds is 8. The Balaban J connectivity index is 1.50. The molecule has 1 amide bonds. The molecule has 38 heavy (non-hydrogen) atoms. The highest BCUT2D eigenvalue weighted by atomic mass is 35.5. The Bertz CT molecular complexity index is 1710. The van der Waals surface area contributed by atoms with Crippen LogP contribution in [0, 0.1) is 12.7 Å². The quantitative estimate of drug-likeness (QED) is 0.252. The summed E-state index contributed by atoms with van der Waals surface area (Å²) in [6.07, 6.45) is 0. The zero-order valence-corrected chi connectivity index (χ0v) is 22.2. The van der Waals surface area contributed by atoms with Gasteiger partial charge in [-0.05, 0) is 85.3 Å². The third-order valence-electron chi connectivity index (χ3n) is 5.39. The summed E-state index contributed by atoms with van der Waals surface area (Å²) in [6, 6.07) is 20.8. The number of anilines is 3. The van der Waals surface area contributed by atoms with Crippen LogP contribution in [0.15, 0.2) is 101 Å². The van der Waals surface area contributed by atoms with Crippen LogP contribution in [0.25, 0.3) is 0 Å². The van der Waals surface area contributed by atoms with E-state index in [1.165, 1.54) is 48.5 Å². The van der Waals surface area contributed by atoms with Gasteiger partial charge in [0.15, 0.2) is 0 Å². The van der Waals surface area contributed by atoms with Gasteiger partial charge in [-0.1, -0.05) is 29.8 Å². The molecule has 0 fully saturated rings. The molecule has 0 aliphatic carbocycles. The number of amides is 1. The molecule has 196 valence electrons. The van der Waals surface area contributed by atoms with Gasteiger partial charge in [-0.25, -0.2) is 21.2 Å². The molecule has 3 N–H and O–H groups in total. The zero-order valence-electron chi connectivity index (χ0n) is 19.8. The molecule has 0 aliphatic rings. The van der Waals surface area contributed by atoms with E-state index in [4.69, 9.17) is 11.6 Å². The second-order valence-corrected chi connectivity index (χ2v) is 11.9. The van der Waals surface area contributed by atoms with Crippen molar-refractivity contribution in [2.45, 2.75) is 16.7 Å². The minimum absolute atomic E-state index is 0.0224. The lowest BCUT2D eigenvalue weighted by Crippen LogP contribution is -2.17. The Morgan fingerprint density at radius 1 is 0.763 bits per heavy atom. The molecule has 0 aromatic heterocycles. The Labute approximate surface area is 224 Å². The monoisotopic (exact) mass is 573 g/mol.